The van der Waals surface area contributed by atoms with E-state index in [0.717, 1.165) is 18.4 Å². The molecule has 0 aliphatic carbocycles. The van der Waals surface area contributed by atoms with Gasteiger partial charge in [-0.2, -0.15) is 0 Å². The number of nitrogens with zero attached hydrogens (tertiary/aromatic N) is 1. The molecule has 3 unspecified atom stereocenters. The molecule has 1 aromatic rings. The Labute approximate surface area is 161 Å². The Morgan fingerprint density at radius 1 is 1.33 bits per heavy atom. The second kappa shape index (κ2) is 8.58. The number of hydrogen-bond donors (Lipinski definition) is 1. The molecule has 4 nitrogen and oxygen atoms in total. The van der Waals surface area contributed by atoms with Crippen LogP contribution < -0.4 is 0 Å². The highest BCUT2D eigenvalue weighted by Crippen LogP contribution is 2.30. The number of rotatable bonds is 5. The Morgan fingerprint density at radius 3 is 2.50 bits per heavy atom. The van der Waals surface area contributed by atoms with Gasteiger partial charge in [-0.3, -0.25) is 0 Å². The van der Waals surface area contributed by atoms with Crippen LogP contribution in [-0.4, -0.2) is 40.7 Å². The quantitative estimate of drug-likeness (QED) is 0.534. The molecule has 2 rings (SSSR count). The maximum absolute atomic E-state index is 13.1. The monoisotopic (exact) mass is 465 g/mol. The fraction of sp³-hybridized carbons (Fsp3) is 0.667. The van der Waals surface area contributed by atoms with Crippen LogP contribution in [0.1, 0.15) is 46.1 Å². The molecule has 136 valence electrons. The van der Waals surface area contributed by atoms with Crippen molar-refractivity contribution < 1.29 is 14.1 Å². The summed E-state index contributed by atoms with van der Waals surface area (Å²) in [4.78, 5) is 0. The second-order valence-electron chi connectivity index (χ2n) is 7.32. The molecule has 0 saturated carbocycles. The summed E-state index contributed by atoms with van der Waals surface area (Å²) in [6.07, 6.45) is 0.936. The van der Waals surface area contributed by atoms with Gasteiger partial charge in [-0.25, -0.2) is 8.51 Å². The number of alkyl halides is 1. The van der Waals surface area contributed by atoms with Gasteiger partial charge in [0.1, 0.15) is 11.0 Å². The van der Waals surface area contributed by atoms with Crippen LogP contribution in [0.4, 0.5) is 0 Å². The Hall–Kier alpha value is -0.0200. The third kappa shape index (κ3) is 5.24. The van der Waals surface area contributed by atoms with Crippen LogP contribution in [0, 0.1) is 0 Å². The van der Waals surface area contributed by atoms with E-state index in [1.165, 1.54) is 0 Å². The van der Waals surface area contributed by atoms with Gasteiger partial charge in [0.25, 0.3) is 0 Å². The van der Waals surface area contributed by atoms with E-state index in [0.29, 0.717) is 6.54 Å². The molecular weight excluding hydrogens is 437 g/mol. The number of aliphatic hydroxyl groups excluding tert-OH is 1. The minimum absolute atomic E-state index is 0.0381. The first-order valence-electron chi connectivity index (χ1n) is 8.40. The van der Waals surface area contributed by atoms with Crippen molar-refractivity contribution in [1.29, 1.82) is 0 Å². The van der Waals surface area contributed by atoms with E-state index in [9.17, 15) is 9.32 Å². The molecule has 24 heavy (non-hydrogen) atoms. The lowest BCUT2D eigenvalue weighted by atomic mass is 10.0. The SMILES string of the molecule is C[C@@H]([C@@H]1CCC(I)C(O)O1)N(Cc1ccccc1)S(=O)C(C)(C)C. The average Bonchev–Trinajstić information content (AvgIpc) is 2.54. The Morgan fingerprint density at radius 2 is 1.96 bits per heavy atom. The van der Waals surface area contributed by atoms with E-state index >= 15 is 0 Å². The summed E-state index contributed by atoms with van der Waals surface area (Å²) in [5.41, 5.74) is 1.13. The number of halogens is 1. The topological polar surface area (TPSA) is 49.8 Å². The van der Waals surface area contributed by atoms with E-state index < -0.39 is 17.3 Å². The number of ether oxygens (including phenoxy) is 1. The van der Waals surface area contributed by atoms with E-state index in [1.54, 1.807) is 0 Å². The van der Waals surface area contributed by atoms with Crippen molar-refractivity contribution in [3.05, 3.63) is 35.9 Å². The van der Waals surface area contributed by atoms with Crippen molar-refractivity contribution in [2.24, 2.45) is 0 Å². The molecule has 5 atom stereocenters. The lowest BCUT2D eigenvalue weighted by molar-refractivity contribution is -0.167. The normalized spacial score (nSPS) is 27.9. The van der Waals surface area contributed by atoms with Crippen molar-refractivity contribution in [2.45, 2.75) is 74.2 Å². The number of hydrogen-bond acceptors (Lipinski definition) is 3. The highest BCUT2D eigenvalue weighted by Gasteiger charge is 2.37. The van der Waals surface area contributed by atoms with Gasteiger partial charge in [0.15, 0.2) is 6.29 Å². The zero-order valence-corrected chi connectivity index (χ0v) is 17.8. The smallest absolute Gasteiger partial charge is 0.166 e. The standard InChI is InChI=1S/C18H28INO3S/c1-13(16-11-10-15(19)17(21)23-16)20(24(22)18(2,3)4)12-14-8-6-5-7-9-14/h5-9,13,15-17,21H,10-12H2,1-4H3/t13-,15?,16-,17?,24?/m0/s1. The van der Waals surface area contributed by atoms with Gasteiger partial charge in [-0.1, -0.05) is 52.9 Å². The minimum Gasteiger partial charge on any atom is -0.367 e. The highest BCUT2D eigenvalue weighted by molar-refractivity contribution is 14.1. The lowest BCUT2D eigenvalue weighted by Gasteiger charge is -2.40. The summed E-state index contributed by atoms with van der Waals surface area (Å²) in [5, 5.41) is 10.0. The molecule has 0 radical (unpaired) electrons. The van der Waals surface area contributed by atoms with Crippen molar-refractivity contribution in [3.63, 3.8) is 0 Å². The molecule has 1 saturated heterocycles. The van der Waals surface area contributed by atoms with Gasteiger partial charge in [-0.15, -0.1) is 0 Å². The molecule has 1 aromatic carbocycles. The van der Waals surface area contributed by atoms with Gasteiger partial charge in [0.2, 0.25) is 0 Å². The van der Waals surface area contributed by atoms with E-state index in [1.807, 2.05) is 43.3 Å². The van der Waals surface area contributed by atoms with Gasteiger partial charge < -0.3 is 9.84 Å². The molecule has 0 amide bonds. The van der Waals surface area contributed by atoms with Crippen LogP contribution in [0.2, 0.25) is 0 Å². The fourth-order valence-electron chi connectivity index (χ4n) is 2.81. The summed E-state index contributed by atoms with van der Waals surface area (Å²) >= 11 is 2.23. The summed E-state index contributed by atoms with van der Waals surface area (Å²) in [6.45, 7) is 8.63. The van der Waals surface area contributed by atoms with Crippen LogP contribution in [0.3, 0.4) is 0 Å². The first-order chi connectivity index (χ1) is 11.2. The van der Waals surface area contributed by atoms with Crippen molar-refractivity contribution in [2.75, 3.05) is 0 Å². The highest BCUT2D eigenvalue weighted by atomic mass is 127. The van der Waals surface area contributed by atoms with Crippen LogP contribution in [-0.2, 0) is 22.3 Å². The fourth-order valence-corrected chi connectivity index (χ4v) is 4.74. The predicted octanol–water partition coefficient (Wildman–Crippen LogP) is 3.64. The average molecular weight is 465 g/mol. The van der Waals surface area contributed by atoms with E-state index in [2.05, 4.69) is 41.6 Å². The Balaban J connectivity index is 2.19. The van der Waals surface area contributed by atoms with Gasteiger partial charge >= 0.3 is 0 Å². The van der Waals surface area contributed by atoms with Gasteiger partial charge in [0, 0.05) is 12.6 Å². The summed E-state index contributed by atoms with van der Waals surface area (Å²) in [6, 6.07) is 10.1. The molecule has 1 N–H and O–H groups in total. The zero-order valence-electron chi connectivity index (χ0n) is 14.8. The molecular formula is C18H28INO3S. The second-order valence-corrected chi connectivity index (χ2v) is 11.1. The zero-order chi connectivity index (χ0) is 17.9. The van der Waals surface area contributed by atoms with Crippen molar-refractivity contribution in [3.8, 4) is 0 Å². The molecule has 1 aliphatic rings. The van der Waals surface area contributed by atoms with Gasteiger partial charge in [0.05, 0.1) is 14.8 Å². The van der Waals surface area contributed by atoms with Crippen LogP contribution in [0.25, 0.3) is 0 Å². The lowest BCUT2D eigenvalue weighted by Crippen LogP contribution is -2.51. The van der Waals surface area contributed by atoms with Gasteiger partial charge in [-0.05, 0) is 46.1 Å². The maximum atomic E-state index is 13.1. The molecule has 1 heterocycles. The molecule has 0 spiro atoms. The molecule has 1 fully saturated rings. The van der Waals surface area contributed by atoms with E-state index in [4.69, 9.17) is 4.74 Å². The van der Waals surface area contributed by atoms with Crippen LogP contribution >= 0.6 is 22.6 Å². The molecule has 0 aromatic heterocycles. The first-order valence-corrected chi connectivity index (χ1v) is 10.8. The molecule has 0 bridgehead atoms. The molecule has 6 heteroatoms. The number of aliphatic hydroxyl groups is 1. The minimum atomic E-state index is -1.16. The van der Waals surface area contributed by atoms with Crippen molar-refractivity contribution in [1.82, 2.24) is 4.31 Å². The van der Waals surface area contributed by atoms with Crippen LogP contribution in [0.5, 0.6) is 0 Å². The first kappa shape index (κ1) is 20.3. The summed E-state index contributed by atoms with van der Waals surface area (Å²) in [7, 11) is -1.16. The third-order valence-electron chi connectivity index (χ3n) is 4.26. The summed E-state index contributed by atoms with van der Waals surface area (Å²) in [5.74, 6) is 0. The maximum Gasteiger partial charge on any atom is 0.166 e. The Bertz CT molecular complexity index is 549. The largest absolute Gasteiger partial charge is 0.367 e. The summed E-state index contributed by atoms with van der Waals surface area (Å²) < 4.78 is 20.7. The van der Waals surface area contributed by atoms with E-state index in [-0.39, 0.29) is 20.8 Å². The van der Waals surface area contributed by atoms with Crippen molar-refractivity contribution >= 4 is 33.6 Å². The predicted molar refractivity (Wildman–Crippen MR) is 107 cm³/mol. The van der Waals surface area contributed by atoms with Crippen LogP contribution in [0.15, 0.2) is 30.3 Å². The number of benzene rings is 1. The molecule has 1 aliphatic heterocycles. The third-order valence-corrected chi connectivity index (χ3v) is 7.43. The Kier molecular flexibility index (Phi) is 7.25.